The molecule has 1 aliphatic carbocycles. The molecule has 2 unspecified atom stereocenters. The maximum atomic E-state index is 5.90. The van der Waals surface area contributed by atoms with Crippen molar-refractivity contribution in [1.29, 1.82) is 0 Å². The second-order valence-corrected chi connectivity index (χ2v) is 3.57. The number of hydrogen-bond acceptors (Lipinski definition) is 1. The molecule has 1 nitrogen and oxygen atoms in total. The van der Waals surface area contributed by atoms with E-state index in [1.165, 1.54) is 11.1 Å². The van der Waals surface area contributed by atoms with Gasteiger partial charge in [-0.1, -0.05) is 23.8 Å². The summed E-state index contributed by atoms with van der Waals surface area (Å²) in [5.74, 6) is 0.619. The van der Waals surface area contributed by atoms with Gasteiger partial charge in [0.2, 0.25) is 0 Å². The summed E-state index contributed by atoms with van der Waals surface area (Å²) in [6.45, 7) is 8.15. The molecule has 0 amide bonds. The van der Waals surface area contributed by atoms with Gasteiger partial charge in [-0.3, -0.25) is 0 Å². The van der Waals surface area contributed by atoms with E-state index in [9.17, 15) is 0 Å². The smallest absolute Gasteiger partial charge is 0.0256 e. The van der Waals surface area contributed by atoms with Gasteiger partial charge < -0.3 is 5.73 Å². The summed E-state index contributed by atoms with van der Waals surface area (Å²) in [6.07, 6.45) is 4.46. The van der Waals surface area contributed by atoms with E-state index in [2.05, 4.69) is 26.5 Å². The van der Waals surface area contributed by atoms with Gasteiger partial charge >= 0.3 is 0 Å². The quantitative estimate of drug-likeness (QED) is 0.628. The van der Waals surface area contributed by atoms with E-state index in [1.807, 2.05) is 0 Å². The molecule has 0 aliphatic heterocycles. The highest BCUT2D eigenvalue weighted by Crippen LogP contribution is 2.26. The molecule has 0 spiro atoms. The van der Waals surface area contributed by atoms with Crippen LogP contribution in [0.2, 0.25) is 0 Å². The van der Waals surface area contributed by atoms with Crippen LogP contribution in [0.3, 0.4) is 0 Å². The fourth-order valence-corrected chi connectivity index (χ4v) is 1.47. The first kappa shape index (κ1) is 11.7. The Kier molecular flexibility index (Phi) is 4.58. The number of nitrogens with two attached hydrogens (primary N) is 1. The Morgan fingerprint density at radius 1 is 1.67 bits per heavy atom. The third-order valence-electron chi connectivity index (χ3n) is 2.54. The lowest BCUT2D eigenvalue weighted by molar-refractivity contribution is 0.493. The van der Waals surface area contributed by atoms with Crippen LogP contribution in [0.1, 0.15) is 26.7 Å². The van der Waals surface area contributed by atoms with E-state index in [4.69, 9.17) is 5.73 Å². The summed E-state index contributed by atoms with van der Waals surface area (Å²) >= 11 is 0. The maximum absolute atomic E-state index is 5.90. The lowest BCUT2D eigenvalue weighted by atomic mass is 9.83. The second-order valence-electron chi connectivity index (χ2n) is 3.57. The molecule has 1 aliphatic rings. The molecule has 1 rings (SSSR count). The van der Waals surface area contributed by atoms with E-state index in [-0.39, 0.29) is 18.4 Å². The van der Waals surface area contributed by atoms with Gasteiger partial charge in [-0.15, -0.1) is 12.4 Å². The Morgan fingerprint density at radius 2 is 2.25 bits per heavy atom. The molecule has 0 bridgehead atoms. The van der Waals surface area contributed by atoms with Gasteiger partial charge in [0.15, 0.2) is 0 Å². The normalized spacial score (nSPS) is 28.8. The number of hydrogen-bond donors (Lipinski definition) is 1. The Bertz CT molecular complexity index is 196. The summed E-state index contributed by atoms with van der Waals surface area (Å²) < 4.78 is 0. The summed E-state index contributed by atoms with van der Waals surface area (Å²) in [5.41, 5.74) is 8.50. The van der Waals surface area contributed by atoms with Gasteiger partial charge in [0, 0.05) is 6.04 Å². The van der Waals surface area contributed by atoms with Crippen molar-refractivity contribution in [3.63, 3.8) is 0 Å². The van der Waals surface area contributed by atoms with Crippen molar-refractivity contribution < 1.29 is 0 Å². The fraction of sp³-hybridized carbons (Fsp3) is 0.600. The van der Waals surface area contributed by atoms with Crippen LogP contribution < -0.4 is 5.73 Å². The maximum Gasteiger partial charge on any atom is 0.0256 e. The zero-order chi connectivity index (χ0) is 8.43. The Hall–Kier alpha value is -0.270. The first-order chi connectivity index (χ1) is 5.11. The lowest BCUT2D eigenvalue weighted by Gasteiger charge is -2.25. The third kappa shape index (κ3) is 2.65. The monoisotopic (exact) mass is 187 g/mol. The van der Waals surface area contributed by atoms with Gasteiger partial charge in [0.1, 0.15) is 0 Å². The van der Waals surface area contributed by atoms with Crippen molar-refractivity contribution >= 4 is 12.4 Å². The number of allylic oxidation sites excluding steroid dienone is 2. The lowest BCUT2D eigenvalue weighted by Crippen LogP contribution is -2.28. The molecule has 2 heteroatoms. The summed E-state index contributed by atoms with van der Waals surface area (Å²) in [6, 6.07) is 0.269. The second kappa shape index (κ2) is 4.68. The third-order valence-corrected chi connectivity index (χ3v) is 2.54. The molecule has 0 saturated carbocycles. The number of rotatable bonds is 1. The number of halogens is 1. The van der Waals surface area contributed by atoms with E-state index < -0.39 is 0 Å². The van der Waals surface area contributed by atoms with Gasteiger partial charge in [0.05, 0.1) is 0 Å². The van der Waals surface area contributed by atoms with Crippen LogP contribution >= 0.6 is 12.4 Å². The topological polar surface area (TPSA) is 26.0 Å². The standard InChI is InChI=1S/C10H17N.ClH/c1-7(2)9-5-4-8(3)10(11)6-9;/h4,9-10H,1,5-6,11H2,2-3H3;1H. The first-order valence-corrected chi connectivity index (χ1v) is 4.19. The molecule has 0 aromatic carbocycles. The van der Waals surface area contributed by atoms with E-state index in [0.717, 1.165) is 12.8 Å². The van der Waals surface area contributed by atoms with Crippen LogP contribution in [-0.2, 0) is 0 Å². The molecule has 70 valence electrons. The van der Waals surface area contributed by atoms with Crippen molar-refractivity contribution in [1.82, 2.24) is 0 Å². The highest BCUT2D eigenvalue weighted by Gasteiger charge is 2.18. The van der Waals surface area contributed by atoms with Crippen molar-refractivity contribution in [3.8, 4) is 0 Å². The molecule has 0 fully saturated rings. The van der Waals surface area contributed by atoms with Crippen LogP contribution in [0, 0.1) is 5.92 Å². The van der Waals surface area contributed by atoms with Crippen LogP contribution in [0.15, 0.2) is 23.8 Å². The van der Waals surface area contributed by atoms with Gasteiger partial charge in [0.25, 0.3) is 0 Å². The molecular weight excluding hydrogens is 170 g/mol. The Morgan fingerprint density at radius 3 is 2.67 bits per heavy atom. The molecule has 2 N–H and O–H groups in total. The summed E-state index contributed by atoms with van der Waals surface area (Å²) in [5, 5.41) is 0. The average Bonchev–Trinajstić information content (AvgIpc) is 1.94. The Labute approximate surface area is 81.1 Å². The van der Waals surface area contributed by atoms with Gasteiger partial charge in [-0.05, 0) is 32.6 Å². The Balaban J connectivity index is 0.00000121. The van der Waals surface area contributed by atoms with Crippen LogP contribution in [0.4, 0.5) is 0 Å². The minimum absolute atomic E-state index is 0. The highest BCUT2D eigenvalue weighted by molar-refractivity contribution is 5.85. The van der Waals surface area contributed by atoms with Crippen LogP contribution in [0.25, 0.3) is 0 Å². The molecule has 2 atom stereocenters. The van der Waals surface area contributed by atoms with Crippen molar-refractivity contribution in [3.05, 3.63) is 23.8 Å². The molecule has 0 saturated heterocycles. The molecule has 12 heavy (non-hydrogen) atoms. The largest absolute Gasteiger partial charge is 0.324 e. The van der Waals surface area contributed by atoms with Crippen LogP contribution in [-0.4, -0.2) is 6.04 Å². The van der Waals surface area contributed by atoms with E-state index in [0.29, 0.717) is 5.92 Å². The molecule has 0 aromatic heterocycles. The minimum atomic E-state index is 0. The zero-order valence-corrected chi connectivity index (χ0v) is 8.66. The predicted molar refractivity (Wildman–Crippen MR) is 56.5 cm³/mol. The van der Waals surface area contributed by atoms with Gasteiger partial charge in [-0.25, -0.2) is 0 Å². The average molecular weight is 188 g/mol. The predicted octanol–water partition coefficient (Wildman–Crippen LogP) is 2.67. The van der Waals surface area contributed by atoms with E-state index >= 15 is 0 Å². The van der Waals surface area contributed by atoms with Crippen molar-refractivity contribution in [2.24, 2.45) is 11.7 Å². The first-order valence-electron chi connectivity index (χ1n) is 4.19. The van der Waals surface area contributed by atoms with E-state index in [1.54, 1.807) is 0 Å². The minimum Gasteiger partial charge on any atom is -0.324 e. The van der Waals surface area contributed by atoms with Gasteiger partial charge in [-0.2, -0.15) is 0 Å². The van der Waals surface area contributed by atoms with Crippen molar-refractivity contribution in [2.45, 2.75) is 32.7 Å². The SMILES string of the molecule is C=C(C)C1CC=C(C)C(N)C1.Cl. The summed E-state index contributed by atoms with van der Waals surface area (Å²) in [7, 11) is 0. The molecule has 0 aromatic rings. The van der Waals surface area contributed by atoms with Crippen LogP contribution in [0.5, 0.6) is 0 Å². The fourth-order valence-electron chi connectivity index (χ4n) is 1.47. The molecule has 0 radical (unpaired) electrons. The van der Waals surface area contributed by atoms with Crippen molar-refractivity contribution in [2.75, 3.05) is 0 Å². The zero-order valence-electron chi connectivity index (χ0n) is 7.84. The molecular formula is C10H18ClN. The highest BCUT2D eigenvalue weighted by atomic mass is 35.5. The summed E-state index contributed by atoms with van der Waals surface area (Å²) in [4.78, 5) is 0. The molecule has 0 heterocycles.